The van der Waals surface area contributed by atoms with E-state index in [4.69, 9.17) is 4.74 Å². The lowest BCUT2D eigenvalue weighted by atomic mass is 9.87. The van der Waals surface area contributed by atoms with Gasteiger partial charge in [0, 0.05) is 32.7 Å². The van der Waals surface area contributed by atoms with Gasteiger partial charge >= 0.3 is 0 Å². The standard InChI is InChI=1S/C20H28N2O3/c23-15-14-22-16-19(25-20(7-8-20)18(22)24)9-12-21(13-10-19)11-6-17-4-2-1-3-5-17/h1-5,23H,6-16H2. The third kappa shape index (κ3) is 3.46. The van der Waals surface area contributed by atoms with Crippen molar-refractivity contribution in [2.24, 2.45) is 0 Å². The van der Waals surface area contributed by atoms with E-state index in [-0.39, 0.29) is 18.1 Å². The minimum absolute atomic E-state index is 0.0289. The van der Waals surface area contributed by atoms with Gasteiger partial charge in [-0.3, -0.25) is 4.79 Å². The lowest BCUT2D eigenvalue weighted by Crippen LogP contribution is -2.63. The van der Waals surface area contributed by atoms with E-state index in [1.807, 2.05) is 4.90 Å². The van der Waals surface area contributed by atoms with Crippen molar-refractivity contribution >= 4 is 5.91 Å². The molecular weight excluding hydrogens is 316 g/mol. The zero-order valence-corrected chi connectivity index (χ0v) is 14.8. The highest BCUT2D eigenvalue weighted by Crippen LogP contribution is 2.49. The number of morpholine rings is 1. The fourth-order valence-electron chi connectivity index (χ4n) is 4.31. The summed E-state index contributed by atoms with van der Waals surface area (Å²) in [5.74, 6) is 0.0960. The van der Waals surface area contributed by atoms with E-state index in [1.54, 1.807) is 0 Å². The molecule has 4 rings (SSSR count). The molecule has 3 aliphatic rings. The van der Waals surface area contributed by atoms with Crippen molar-refractivity contribution in [3.8, 4) is 0 Å². The van der Waals surface area contributed by atoms with E-state index >= 15 is 0 Å². The molecule has 1 saturated carbocycles. The van der Waals surface area contributed by atoms with Crippen LogP contribution in [0.3, 0.4) is 0 Å². The van der Waals surface area contributed by atoms with E-state index in [1.165, 1.54) is 5.56 Å². The highest BCUT2D eigenvalue weighted by molar-refractivity contribution is 5.89. The SMILES string of the molecule is O=C1N(CCO)CC2(CCN(CCc3ccccc3)CC2)OC12CC2. The van der Waals surface area contributed by atoms with Crippen LogP contribution in [0.15, 0.2) is 30.3 Å². The van der Waals surface area contributed by atoms with Crippen LogP contribution in [0, 0.1) is 0 Å². The van der Waals surface area contributed by atoms with Crippen LogP contribution in [0.1, 0.15) is 31.2 Å². The first kappa shape index (κ1) is 17.0. The smallest absolute Gasteiger partial charge is 0.255 e. The highest BCUT2D eigenvalue weighted by atomic mass is 16.5. The van der Waals surface area contributed by atoms with Crippen LogP contribution >= 0.6 is 0 Å². The van der Waals surface area contributed by atoms with Crippen LogP contribution in [0.4, 0.5) is 0 Å². The highest BCUT2D eigenvalue weighted by Gasteiger charge is 2.61. The number of carbonyl (C=O) groups is 1. The number of amides is 1. The lowest BCUT2D eigenvalue weighted by Gasteiger charge is -2.50. The van der Waals surface area contributed by atoms with Crippen LogP contribution in [0.25, 0.3) is 0 Å². The Labute approximate surface area is 149 Å². The zero-order chi connectivity index (χ0) is 17.3. The molecule has 25 heavy (non-hydrogen) atoms. The number of hydrogen-bond acceptors (Lipinski definition) is 4. The maximum atomic E-state index is 12.5. The Bertz CT molecular complexity index is 607. The quantitative estimate of drug-likeness (QED) is 0.878. The van der Waals surface area contributed by atoms with Crippen molar-refractivity contribution in [1.29, 1.82) is 0 Å². The number of aliphatic hydroxyl groups is 1. The number of hydrogen-bond donors (Lipinski definition) is 1. The molecule has 2 saturated heterocycles. The summed E-state index contributed by atoms with van der Waals surface area (Å²) >= 11 is 0. The third-order valence-corrected chi connectivity index (χ3v) is 5.97. The van der Waals surface area contributed by atoms with Gasteiger partial charge in [0.15, 0.2) is 0 Å². The molecule has 2 aliphatic heterocycles. The van der Waals surface area contributed by atoms with Gasteiger partial charge in [-0.2, -0.15) is 0 Å². The molecular formula is C20H28N2O3. The van der Waals surface area contributed by atoms with Crippen molar-refractivity contribution in [3.05, 3.63) is 35.9 Å². The molecule has 2 heterocycles. The summed E-state index contributed by atoms with van der Waals surface area (Å²) in [5, 5.41) is 9.29. The third-order valence-electron chi connectivity index (χ3n) is 5.97. The Balaban J connectivity index is 1.35. The zero-order valence-electron chi connectivity index (χ0n) is 14.8. The summed E-state index contributed by atoms with van der Waals surface area (Å²) in [4.78, 5) is 16.9. The molecule has 0 atom stereocenters. The molecule has 0 unspecified atom stereocenters. The van der Waals surface area contributed by atoms with E-state index < -0.39 is 5.60 Å². The topological polar surface area (TPSA) is 53.0 Å². The predicted molar refractivity (Wildman–Crippen MR) is 95.3 cm³/mol. The Kier molecular flexibility index (Phi) is 4.56. The van der Waals surface area contributed by atoms with Gasteiger partial charge in [-0.25, -0.2) is 0 Å². The summed E-state index contributed by atoms with van der Waals surface area (Å²) in [6, 6.07) is 10.6. The van der Waals surface area contributed by atoms with E-state index in [2.05, 4.69) is 35.2 Å². The van der Waals surface area contributed by atoms with Crippen molar-refractivity contribution in [2.75, 3.05) is 39.3 Å². The number of carbonyl (C=O) groups excluding carboxylic acids is 1. The van der Waals surface area contributed by atoms with Gasteiger partial charge in [-0.05, 0) is 37.7 Å². The Hall–Kier alpha value is -1.43. The van der Waals surface area contributed by atoms with Gasteiger partial charge in [-0.15, -0.1) is 0 Å². The molecule has 136 valence electrons. The number of benzene rings is 1. The van der Waals surface area contributed by atoms with Crippen LogP contribution in [-0.4, -0.2) is 71.3 Å². The average molecular weight is 344 g/mol. The molecule has 5 heteroatoms. The minimum Gasteiger partial charge on any atom is -0.395 e. The fourth-order valence-corrected chi connectivity index (χ4v) is 4.31. The van der Waals surface area contributed by atoms with Gasteiger partial charge in [0.05, 0.1) is 12.2 Å². The molecule has 5 nitrogen and oxygen atoms in total. The average Bonchev–Trinajstić information content (AvgIpc) is 3.40. The first-order valence-electron chi connectivity index (χ1n) is 9.52. The number of ether oxygens (including phenoxy) is 1. The van der Waals surface area contributed by atoms with Crippen molar-refractivity contribution in [2.45, 2.75) is 43.3 Å². The molecule has 2 spiro atoms. The molecule has 0 bridgehead atoms. The second-order valence-corrected chi connectivity index (χ2v) is 7.81. The van der Waals surface area contributed by atoms with Crippen LogP contribution in [-0.2, 0) is 16.0 Å². The van der Waals surface area contributed by atoms with Crippen molar-refractivity contribution < 1.29 is 14.6 Å². The predicted octanol–water partition coefficient (Wildman–Crippen LogP) is 1.45. The Morgan fingerprint density at radius 1 is 1.04 bits per heavy atom. The minimum atomic E-state index is -0.556. The Morgan fingerprint density at radius 2 is 1.76 bits per heavy atom. The summed E-state index contributed by atoms with van der Waals surface area (Å²) < 4.78 is 6.41. The first-order valence-corrected chi connectivity index (χ1v) is 9.52. The monoisotopic (exact) mass is 344 g/mol. The van der Waals surface area contributed by atoms with Crippen LogP contribution < -0.4 is 0 Å². The number of piperidine rings is 1. The normalized spacial score (nSPS) is 24.8. The summed E-state index contributed by atoms with van der Waals surface area (Å²) in [6.45, 7) is 4.21. The fraction of sp³-hybridized carbons (Fsp3) is 0.650. The summed E-state index contributed by atoms with van der Waals surface area (Å²) in [7, 11) is 0. The van der Waals surface area contributed by atoms with E-state index in [9.17, 15) is 9.90 Å². The largest absolute Gasteiger partial charge is 0.395 e. The van der Waals surface area contributed by atoms with E-state index in [0.717, 1.165) is 51.7 Å². The maximum absolute atomic E-state index is 12.5. The van der Waals surface area contributed by atoms with Crippen LogP contribution in [0.2, 0.25) is 0 Å². The summed E-state index contributed by atoms with van der Waals surface area (Å²) in [5.41, 5.74) is 0.621. The molecule has 1 aliphatic carbocycles. The van der Waals surface area contributed by atoms with Gasteiger partial charge in [0.25, 0.3) is 5.91 Å². The maximum Gasteiger partial charge on any atom is 0.255 e. The number of likely N-dealkylation sites (tertiary alicyclic amines) is 1. The number of aliphatic hydroxyl groups excluding tert-OH is 1. The Morgan fingerprint density at radius 3 is 2.40 bits per heavy atom. The van der Waals surface area contributed by atoms with Gasteiger partial charge < -0.3 is 19.6 Å². The number of β-amino-alcohol motifs (C(OH)–C–C–N with tert-alkyl or cyclic N) is 1. The molecule has 1 amide bonds. The summed E-state index contributed by atoms with van der Waals surface area (Å²) in [6.07, 6.45) is 4.70. The number of nitrogens with zero attached hydrogens (tertiary/aromatic N) is 2. The second kappa shape index (κ2) is 6.71. The van der Waals surface area contributed by atoms with E-state index in [0.29, 0.717) is 13.1 Å². The lowest BCUT2D eigenvalue weighted by molar-refractivity contribution is -0.201. The van der Waals surface area contributed by atoms with Crippen molar-refractivity contribution in [3.63, 3.8) is 0 Å². The molecule has 0 aromatic heterocycles. The molecule has 0 radical (unpaired) electrons. The van der Waals surface area contributed by atoms with Gasteiger partial charge in [0.1, 0.15) is 5.60 Å². The molecule has 1 N–H and O–H groups in total. The van der Waals surface area contributed by atoms with Crippen molar-refractivity contribution in [1.82, 2.24) is 9.80 Å². The first-order chi connectivity index (χ1) is 12.1. The second-order valence-electron chi connectivity index (χ2n) is 7.81. The van der Waals surface area contributed by atoms with Gasteiger partial charge in [0.2, 0.25) is 0 Å². The molecule has 1 aromatic rings. The molecule has 1 aromatic carbocycles. The number of rotatable bonds is 5. The molecule has 3 fully saturated rings. The van der Waals surface area contributed by atoms with Crippen LogP contribution in [0.5, 0.6) is 0 Å². The van der Waals surface area contributed by atoms with Gasteiger partial charge in [-0.1, -0.05) is 30.3 Å².